The molecule has 2 aliphatic heterocycles. The fraction of sp³-hybridized carbons (Fsp3) is 0.364. The molecule has 2 aromatic rings. The van der Waals surface area contributed by atoms with Crippen LogP contribution in [0.1, 0.15) is 58.5 Å². The summed E-state index contributed by atoms with van der Waals surface area (Å²) in [7, 11) is 0. The molecule has 1 saturated heterocycles. The van der Waals surface area contributed by atoms with Gasteiger partial charge >= 0.3 is 0 Å². The van der Waals surface area contributed by atoms with Crippen molar-refractivity contribution in [2.45, 2.75) is 50.8 Å². The molecule has 1 saturated carbocycles. The van der Waals surface area contributed by atoms with Crippen LogP contribution in [0.25, 0.3) is 0 Å². The van der Waals surface area contributed by atoms with Gasteiger partial charge < -0.3 is 15.0 Å². The lowest BCUT2D eigenvalue weighted by molar-refractivity contribution is -0.136. The number of nitrogens with one attached hydrogen (secondary N) is 2. The van der Waals surface area contributed by atoms with E-state index in [0.717, 1.165) is 19.3 Å². The Balaban J connectivity index is 1.25. The molecule has 0 radical (unpaired) electrons. The third-order valence-corrected chi connectivity index (χ3v) is 5.99. The molecule has 10 heteroatoms. The number of benzene rings is 1. The second-order valence-electron chi connectivity index (χ2n) is 8.15. The summed E-state index contributed by atoms with van der Waals surface area (Å²) < 4.78 is 5.65. The van der Waals surface area contributed by atoms with Gasteiger partial charge in [0.2, 0.25) is 17.7 Å². The Kier molecular flexibility index (Phi) is 5.04. The van der Waals surface area contributed by atoms with Gasteiger partial charge in [0.15, 0.2) is 5.69 Å². The van der Waals surface area contributed by atoms with Crippen molar-refractivity contribution in [3.05, 3.63) is 47.2 Å². The lowest BCUT2D eigenvalue weighted by Crippen LogP contribution is -2.52. The fourth-order valence-electron chi connectivity index (χ4n) is 4.01. The van der Waals surface area contributed by atoms with Crippen LogP contribution in [0.3, 0.4) is 0 Å². The van der Waals surface area contributed by atoms with Crippen LogP contribution in [-0.2, 0) is 16.1 Å². The molecule has 10 nitrogen and oxygen atoms in total. The van der Waals surface area contributed by atoms with Gasteiger partial charge in [-0.25, -0.2) is 0 Å². The average Bonchev–Trinajstić information content (AvgIpc) is 3.07. The summed E-state index contributed by atoms with van der Waals surface area (Å²) in [6, 6.07) is 7.46. The summed E-state index contributed by atoms with van der Waals surface area (Å²) in [6.07, 6.45) is 3.84. The Labute approximate surface area is 183 Å². The molecular formula is C22H21N5O5. The molecular weight excluding hydrogens is 414 g/mol. The highest BCUT2D eigenvalue weighted by molar-refractivity contribution is 6.06. The molecule has 0 spiro atoms. The third-order valence-electron chi connectivity index (χ3n) is 5.99. The number of ether oxygens (including phenoxy) is 1. The van der Waals surface area contributed by atoms with Crippen LogP contribution < -0.4 is 15.4 Å². The summed E-state index contributed by atoms with van der Waals surface area (Å²) in [4.78, 5) is 50.3. The van der Waals surface area contributed by atoms with E-state index in [1.54, 1.807) is 30.3 Å². The minimum Gasteiger partial charge on any atom is -0.473 e. The monoisotopic (exact) mass is 435 g/mol. The maximum absolute atomic E-state index is 12.8. The number of carbonyl (C=O) groups excluding carboxylic acids is 4. The topological polar surface area (TPSA) is 131 Å². The zero-order chi connectivity index (χ0) is 22.2. The van der Waals surface area contributed by atoms with Crippen LogP contribution >= 0.6 is 0 Å². The van der Waals surface area contributed by atoms with E-state index in [9.17, 15) is 19.2 Å². The molecule has 1 aromatic heterocycles. The van der Waals surface area contributed by atoms with Gasteiger partial charge in [-0.3, -0.25) is 24.5 Å². The van der Waals surface area contributed by atoms with Gasteiger partial charge in [0.1, 0.15) is 12.1 Å². The number of imide groups is 1. The molecule has 2 fully saturated rings. The van der Waals surface area contributed by atoms with Crippen molar-refractivity contribution in [3.8, 4) is 5.88 Å². The van der Waals surface area contributed by atoms with Gasteiger partial charge in [-0.1, -0.05) is 0 Å². The van der Waals surface area contributed by atoms with Gasteiger partial charge in [-0.05, 0) is 55.5 Å². The van der Waals surface area contributed by atoms with E-state index in [1.807, 2.05) is 0 Å². The van der Waals surface area contributed by atoms with Crippen LogP contribution in [-0.4, -0.2) is 50.9 Å². The molecule has 0 bridgehead atoms. The lowest BCUT2D eigenvalue weighted by atomic mass is 9.96. The Morgan fingerprint density at radius 2 is 1.94 bits per heavy atom. The quantitative estimate of drug-likeness (QED) is 0.679. The first-order valence-corrected chi connectivity index (χ1v) is 10.6. The molecule has 1 aromatic carbocycles. The van der Waals surface area contributed by atoms with E-state index in [-0.39, 0.29) is 36.6 Å². The van der Waals surface area contributed by atoms with Gasteiger partial charge in [0.25, 0.3) is 11.8 Å². The van der Waals surface area contributed by atoms with Gasteiger partial charge in [0.05, 0.1) is 0 Å². The van der Waals surface area contributed by atoms with Crippen LogP contribution in [0.4, 0.5) is 5.69 Å². The molecule has 2 N–H and O–H groups in total. The minimum absolute atomic E-state index is 0.146. The molecule has 3 heterocycles. The van der Waals surface area contributed by atoms with Gasteiger partial charge in [-0.2, -0.15) is 0 Å². The van der Waals surface area contributed by atoms with Crippen molar-refractivity contribution in [1.29, 1.82) is 0 Å². The minimum atomic E-state index is -0.679. The second kappa shape index (κ2) is 8.03. The highest BCUT2D eigenvalue weighted by Crippen LogP contribution is 2.29. The first-order chi connectivity index (χ1) is 15.5. The smallest absolute Gasteiger partial charge is 0.276 e. The van der Waals surface area contributed by atoms with Crippen molar-refractivity contribution in [2.24, 2.45) is 0 Å². The van der Waals surface area contributed by atoms with Crippen molar-refractivity contribution in [2.75, 3.05) is 5.32 Å². The predicted molar refractivity (Wildman–Crippen MR) is 111 cm³/mol. The fourth-order valence-corrected chi connectivity index (χ4v) is 4.01. The Hall–Kier alpha value is -3.82. The summed E-state index contributed by atoms with van der Waals surface area (Å²) in [5, 5.41) is 12.9. The summed E-state index contributed by atoms with van der Waals surface area (Å²) >= 11 is 0. The van der Waals surface area contributed by atoms with Crippen molar-refractivity contribution >= 4 is 29.3 Å². The molecule has 164 valence electrons. The normalized spacial score (nSPS) is 20.4. The Bertz CT molecular complexity index is 1110. The Morgan fingerprint density at radius 1 is 1.09 bits per heavy atom. The number of hydrogen-bond acceptors (Lipinski definition) is 7. The van der Waals surface area contributed by atoms with Crippen LogP contribution in [0.15, 0.2) is 30.3 Å². The van der Waals surface area contributed by atoms with Crippen molar-refractivity contribution < 1.29 is 23.9 Å². The molecule has 32 heavy (non-hydrogen) atoms. The molecule has 5 rings (SSSR count). The number of piperidine rings is 1. The summed E-state index contributed by atoms with van der Waals surface area (Å²) in [6.45, 7) is 0.233. The average molecular weight is 435 g/mol. The first kappa shape index (κ1) is 20.1. The number of aromatic nitrogens is 2. The molecule has 1 aliphatic carbocycles. The number of fused-ring (bicyclic) bond motifs is 1. The number of nitrogens with zero attached hydrogens (tertiary/aromatic N) is 3. The molecule has 4 amide bonds. The number of amides is 4. The van der Waals surface area contributed by atoms with Crippen LogP contribution in [0.5, 0.6) is 5.88 Å². The second-order valence-corrected chi connectivity index (χ2v) is 8.15. The number of hydrogen-bond donors (Lipinski definition) is 2. The highest BCUT2D eigenvalue weighted by Gasteiger charge is 2.39. The van der Waals surface area contributed by atoms with Gasteiger partial charge in [-0.15, -0.1) is 10.2 Å². The third kappa shape index (κ3) is 3.79. The number of carbonyl (C=O) groups is 4. The van der Waals surface area contributed by atoms with E-state index in [4.69, 9.17) is 4.74 Å². The van der Waals surface area contributed by atoms with E-state index in [0.29, 0.717) is 29.1 Å². The van der Waals surface area contributed by atoms with E-state index >= 15 is 0 Å². The maximum Gasteiger partial charge on any atom is 0.276 e. The largest absolute Gasteiger partial charge is 0.473 e. The Morgan fingerprint density at radius 3 is 2.62 bits per heavy atom. The van der Waals surface area contributed by atoms with Gasteiger partial charge in [0, 0.05) is 30.3 Å². The lowest BCUT2D eigenvalue weighted by Gasteiger charge is -2.29. The first-order valence-electron chi connectivity index (χ1n) is 10.6. The van der Waals surface area contributed by atoms with Crippen molar-refractivity contribution in [1.82, 2.24) is 20.4 Å². The highest BCUT2D eigenvalue weighted by atomic mass is 16.5. The van der Waals surface area contributed by atoms with E-state index < -0.39 is 17.9 Å². The zero-order valence-electron chi connectivity index (χ0n) is 17.2. The zero-order valence-corrected chi connectivity index (χ0v) is 17.2. The SMILES string of the molecule is O=C1CCC(N2Cc3cc(NC(=O)c4ccc(OC5CCC5)nn4)ccc3C2=O)C(=O)N1. The predicted octanol–water partition coefficient (Wildman–Crippen LogP) is 1.42. The number of rotatable bonds is 5. The van der Waals surface area contributed by atoms with Crippen LogP contribution in [0, 0.1) is 0 Å². The molecule has 1 atom stereocenters. The molecule has 3 aliphatic rings. The summed E-state index contributed by atoms with van der Waals surface area (Å²) in [5.74, 6) is -1.08. The maximum atomic E-state index is 12.8. The van der Waals surface area contributed by atoms with E-state index in [1.165, 1.54) is 4.90 Å². The number of anilines is 1. The van der Waals surface area contributed by atoms with Crippen LogP contribution in [0.2, 0.25) is 0 Å². The summed E-state index contributed by atoms with van der Waals surface area (Å²) in [5.41, 5.74) is 1.83. The molecule has 1 unspecified atom stereocenters. The van der Waals surface area contributed by atoms with Crippen molar-refractivity contribution in [3.63, 3.8) is 0 Å². The van der Waals surface area contributed by atoms with E-state index in [2.05, 4.69) is 20.8 Å². The standard InChI is InChI=1S/C22H21N5O5/c28-18-8-7-17(21(30)24-18)27-11-12-10-13(4-5-15(12)22(27)31)23-20(29)16-6-9-19(26-25-16)32-14-2-1-3-14/h4-6,9-10,14,17H,1-3,7-8,11H2,(H,23,29)(H,24,28,30).